The van der Waals surface area contributed by atoms with Gasteiger partial charge in [-0.15, -0.1) is 11.3 Å². The molecule has 4 rings (SSSR count). The third-order valence-electron chi connectivity index (χ3n) is 6.78. The average molecular weight is 507 g/mol. The molecule has 0 atom stereocenters. The van der Waals surface area contributed by atoms with Gasteiger partial charge in [0, 0.05) is 18.3 Å². The Morgan fingerprint density at radius 3 is 2.61 bits per heavy atom. The summed E-state index contributed by atoms with van der Waals surface area (Å²) in [6, 6.07) is 12.9. The van der Waals surface area contributed by atoms with Gasteiger partial charge in [0.05, 0.1) is 23.5 Å². The Bertz CT molecular complexity index is 1180. The summed E-state index contributed by atoms with van der Waals surface area (Å²) in [6.45, 7) is 13.5. The molecule has 2 aromatic carbocycles. The molecule has 0 bridgehead atoms. The second-order valence-corrected chi connectivity index (χ2v) is 10.8. The van der Waals surface area contributed by atoms with Crippen molar-refractivity contribution in [2.24, 2.45) is 5.92 Å². The molecule has 1 fully saturated rings. The second-order valence-electron chi connectivity index (χ2n) is 9.78. The van der Waals surface area contributed by atoms with Gasteiger partial charge in [-0.05, 0) is 100 Å². The van der Waals surface area contributed by atoms with Crippen LogP contribution in [0.15, 0.2) is 42.6 Å². The molecule has 0 unspecified atom stereocenters. The molecule has 2 heterocycles. The molecule has 1 aliphatic rings. The quantitative estimate of drug-likeness (QED) is 0.295. The van der Waals surface area contributed by atoms with E-state index in [4.69, 9.17) is 14.5 Å². The van der Waals surface area contributed by atoms with Gasteiger partial charge in [-0.2, -0.15) is 0 Å². The monoisotopic (exact) mass is 506 g/mol. The van der Waals surface area contributed by atoms with Crippen LogP contribution in [0.1, 0.15) is 57.2 Å². The van der Waals surface area contributed by atoms with Gasteiger partial charge in [0.15, 0.2) is 0 Å². The van der Waals surface area contributed by atoms with Crippen LogP contribution < -0.4 is 4.74 Å². The smallest absolute Gasteiger partial charge is 0.309 e. The van der Waals surface area contributed by atoms with E-state index < -0.39 is 0 Å². The van der Waals surface area contributed by atoms with Gasteiger partial charge in [-0.1, -0.05) is 25.1 Å². The van der Waals surface area contributed by atoms with Crippen LogP contribution in [-0.4, -0.2) is 41.7 Å². The van der Waals surface area contributed by atoms with Crippen LogP contribution >= 0.6 is 11.3 Å². The number of piperidine rings is 1. The summed E-state index contributed by atoms with van der Waals surface area (Å²) in [4.78, 5) is 20.5. The first-order valence-corrected chi connectivity index (χ1v) is 13.9. The summed E-state index contributed by atoms with van der Waals surface area (Å²) in [5.74, 6) is 0.938. The largest absolute Gasteiger partial charge is 0.491 e. The molecule has 1 saturated heterocycles. The van der Waals surface area contributed by atoms with E-state index in [-0.39, 0.29) is 18.0 Å². The van der Waals surface area contributed by atoms with E-state index in [1.165, 1.54) is 21.6 Å². The number of hydrogen-bond donors (Lipinski definition) is 0. The molecule has 192 valence electrons. The van der Waals surface area contributed by atoms with Crippen molar-refractivity contribution in [3.8, 4) is 26.8 Å². The highest BCUT2D eigenvalue weighted by molar-refractivity contribution is 7.18. The van der Waals surface area contributed by atoms with Crippen LogP contribution in [0, 0.1) is 12.8 Å². The molecule has 36 heavy (non-hydrogen) atoms. The number of hydrogen-bond acceptors (Lipinski definition) is 6. The minimum Gasteiger partial charge on any atom is -0.491 e. The van der Waals surface area contributed by atoms with Crippen LogP contribution in [0.25, 0.3) is 21.0 Å². The number of thiazole rings is 1. The molecule has 0 saturated carbocycles. The molecule has 0 spiro atoms. The zero-order valence-electron chi connectivity index (χ0n) is 22.2. The Balaban J connectivity index is 1.50. The average Bonchev–Trinajstić information content (AvgIpc) is 3.36. The summed E-state index contributed by atoms with van der Waals surface area (Å²) in [6.07, 6.45) is 4.89. The lowest BCUT2D eigenvalue weighted by atomic mass is 9.94. The van der Waals surface area contributed by atoms with Crippen molar-refractivity contribution in [1.29, 1.82) is 0 Å². The SMILES string of the molecule is CCOC(=O)C1CCN(Cc2cccc(-c3cnc(-c4ccc(OC(C)C)c(C)c4)s3)c2CC)CC1. The summed E-state index contributed by atoms with van der Waals surface area (Å²) >= 11 is 1.74. The first-order chi connectivity index (χ1) is 17.4. The van der Waals surface area contributed by atoms with Crippen molar-refractivity contribution in [3.63, 3.8) is 0 Å². The lowest BCUT2D eigenvalue weighted by Crippen LogP contribution is -2.36. The van der Waals surface area contributed by atoms with Crippen molar-refractivity contribution >= 4 is 17.3 Å². The van der Waals surface area contributed by atoms with Crippen molar-refractivity contribution in [2.45, 2.75) is 66.5 Å². The maximum Gasteiger partial charge on any atom is 0.309 e. The molecule has 6 heteroatoms. The fourth-order valence-corrected chi connectivity index (χ4v) is 5.92. The number of carbonyl (C=O) groups excluding carboxylic acids is 1. The van der Waals surface area contributed by atoms with Gasteiger partial charge in [0.1, 0.15) is 10.8 Å². The number of ether oxygens (including phenoxy) is 2. The number of benzene rings is 2. The van der Waals surface area contributed by atoms with Gasteiger partial charge in [-0.25, -0.2) is 4.98 Å². The number of rotatable bonds is 9. The molecule has 1 aliphatic heterocycles. The first-order valence-electron chi connectivity index (χ1n) is 13.1. The number of esters is 1. The molecule has 1 aromatic heterocycles. The fraction of sp³-hybridized carbons (Fsp3) is 0.467. The Morgan fingerprint density at radius 2 is 1.94 bits per heavy atom. The van der Waals surface area contributed by atoms with E-state index in [2.05, 4.69) is 55.1 Å². The molecular weight excluding hydrogens is 468 g/mol. The zero-order chi connectivity index (χ0) is 25.7. The molecule has 0 aliphatic carbocycles. The van der Waals surface area contributed by atoms with E-state index >= 15 is 0 Å². The van der Waals surface area contributed by atoms with Gasteiger partial charge in [-0.3, -0.25) is 9.69 Å². The molecule has 0 amide bonds. The van der Waals surface area contributed by atoms with E-state index in [0.29, 0.717) is 6.61 Å². The Labute approximate surface area is 219 Å². The molecule has 5 nitrogen and oxygen atoms in total. The summed E-state index contributed by atoms with van der Waals surface area (Å²) in [5, 5.41) is 1.03. The van der Waals surface area contributed by atoms with Crippen LogP contribution in [0.4, 0.5) is 0 Å². The molecule has 0 N–H and O–H groups in total. The van der Waals surface area contributed by atoms with Gasteiger partial charge in [0.2, 0.25) is 0 Å². The van der Waals surface area contributed by atoms with Gasteiger partial charge < -0.3 is 9.47 Å². The Hall–Kier alpha value is -2.70. The fourth-order valence-electron chi connectivity index (χ4n) is 4.96. The molecular formula is C30H38N2O3S. The third-order valence-corrected chi connectivity index (χ3v) is 7.86. The lowest BCUT2D eigenvalue weighted by molar-refractivity contribution is -0.149. The highest BCUT2D eigenvalue weighted by atomic mass is 32.1. The normalized spacial score (nSPS) is 14.8. The van der Waals surface area contributed by atoms with E-state index in [1.807, 2.05) is 27.0 Å². The Kier molecular flexibility index (Phi) is 8.81. The van der Waals surface area contributed by atoms with Gasteiger partial charge in [0.25, 0.3) is 0 Å². The third kappa shape index (κ3) is 6.16. The van der Waals surface area contributed by atoms with Crippen molar-refractivity contribution in [1.82, 2.24) is 9.88 Å². The first kappa shape index (κ1) is 26.4. The van der Waals surface area contributed by atoms with Gasteiger partial charge >= 0.3 is 5.97 Å². The number of nitrogens with zero attached hydrogens (tertiary/aromatic N) is 2. The van der Waals surface area contributed by atoms with Crippen LogP contribution in [0.2, 0.25) is 0 Å². The maximum absolute atomic E-state index is 12.1. The Morgan fingerprint density at radius 1 is 1.17 bits per heavy atom. The number of aromatic nitrogens is 1. The minimum atomic E-state index is -0.0355. The number of likely N-dealkylation sites (tertiary alicyclic amines) is 1. The lowest BCUT2D eigenvalue weighted by Gasteiger charge is -2.31. The number of carbonyl (C=O) groups is 1. The predicted octanol–water partition coefficient (Wildman–Crippen LogP) is 6.91. The van der Waals surface area contributed by atoms with Crippen LogP contribution in [0.3, 0.4) is 0 Å². The van der Waals surface area contributed by atoms with Crippen LogP contribution in [-0.2, 0) is 22.5 Å². The van der Waals surface area contributed by atoms with Crippen LogP contribution in [0.5, 0.6) is 5.75 Å². The standard InChI is InChI=1S/C30H38N2O3S/c1-6-25-24(19-32-15-13-22(14-16-32)30(33)34-7-2)9-8-10-26(25)28-18-31-29(36-28)23-11-12-27(21(5)17-23)35-20(3)4/h8-12,17-18,20,22H,6-7,13-16,19H2,1-5H3. The second kappa shape index (κ2) is 12.0. The highest BCUT2D eigenvalue weighted by Crippen LogP contribution is 2.37. The maximum atomic E-state index is 12.1. The van der Waals surface area contributed by atoms with Crippen molar-refractivity contribution < 1.29 is 14.3 Å². The summed E-state index contributed by atoms with van der Waals surface area (Å²) in [5.41, 5.74) is 6.28. The van der Waals surface area contributed by atoms with Crippen molar-refractivity contribution in [2.75, 3.05) is 19.7 Å². The zero-order valence-corrected chi connectivity index (χ0v) is 23.0. The van der Waals surface area contributed by atoms with E-state index in [0.717, 1.165) is 60.8 Å². The van der Waals surface area contributed by atoms with E-state index in [1.54, 1.807) is 11.3 Å². The minimum absolute atomic E-state index is 0.0355. The molecule has 3 aromatic rings. The van der Waals surface area contributed by atoms with Crippen molar-refractivity contribution in [3.05, 3.63) is 59.3 Å². The highest BCUT2D eigenvalue weighted by Gasteiger charge is 2.26. The summed E-state index contributed by atoms with van der Waals surface area (Å²) < 4.78 is 11.1. The van der Waals surface area contributed by atoms with E-state index in [9.17, 15) is 4.79 Å². The predicted molar refractivity (Wildman–Crippen MR) is 147 cm³/mol. The summed E-state index contributed by atoms with van der Waals surface area (Å²) in [7, 11) is 0. The number of aryl methyl sites for hydroxylation is 1. The topological polar surface area (TPSA) is 51.7 Å². The molecule has 0 radical (unpaired) electrons.